The van der Waals surface area contributed by atoms with E-state index in [1.54, 1.807) is 6.20 Å². The Labute approximate surface area is 58.5 Å². The first kappa shape index (κ1) is 6.62. The van der Waals surface area contributed by atoms with Crippen LogP contribution in [0.5, 0.6) is 0 Å². The fourth-order valence-corrected chi connectivity index (χ4v) is 0.536. The van der Waals surface area contributed by atoms with Crippen LogP contribution in [0.25, 0.3) is 0 Å². The second kappa shape index (κ2) is 3.51. The minimum atomic E-state index is 0.461. The van der Waals surface area contributed by atoms with E-state index < -0.39 is 0 Å². The fraction of sp³-hybridized carbons (Fsp3) is 0.333. The molecule has 1 aromatic rings. The van der Waals surface area contributed by atoms with E-state index in [-0.39, 0.29) is 0 Å². The third-order valence-corrected chi connectivity index (χ3v) is 0.945. The van der Waals surface area contributed by atoms with Crippen LogP contribution in [0, 0.1) is 11.3 Å². The molecular formula is C6H7N3O. The average molecular weight is 137 g/mol. The van der Waals surface area contributed by atoms with Crippen molar-refractivity contribution in [2.75, 3.05) is 11.9 Å². The number of hydrogen-bond donors (Lipinski definition) is 1. The van der Waals surface area contributed by atoms with Crippen LogP contribution in [0.2, 0.25) is 0 Å². The third kappa shape index (κ3) is 1.78. The Morgan fingerprint density at radius 2 is 2.70 bits per heavy atom. The number of nitriles is 1. The number of hydrogen-bond acceptors (Lipinski definition) is 4. The van der Waals surface area contributed by atoms with Crippen LogP contribution >= 0.6 is 0 Å². The molecule has 0 unspecified atom stereocenters. The van der Waals surface area contributed by atoms with Gasteiger partial charge in [0.1, 0.15) is 6.26 Å². The van der Waals surface area contributed by atoms with Crippen molar-refractivity contribution in [3.8, 4) is 6.07 Å². The smallest absolute Gasteiger partial charge is 0.294 e. The van der Waals surface area contributed by atoms with Crippen molar-refractivity contribution < 1.29 is 4.42 Å². The predicted octanol–water partition coefficient (Wildman–Crippen LogP) is 1.00. The van der Waals surface area contributed by atoms with E-state index in [0.29, 0.717) is 19.0 Å². The maximum Gasteiger partial charge on any atom is 0.294 e. The molecule has 0 fully saturated rings. The van der Waals surface area contributed by atoms with Crippen molar-refractivity contribution in [3.05, 3.63) is 12.5 Å². The maximum atomic E-state index is 8.15. The standard InChI is InChI=1S/C6H7N3O/c7-2-1-3-8-6-9-4-5-10-6/h4-5H,1,3H2,(H,8,9). The summed E-state index contributed by atoms with van der Waals surface area (Å²) in [6, 6.07) is 2.47. The molecule has 0 aliphatic heterocycles. The minimum absolute atomic E-state index is 0.461. The van der Waals surface area contributed by atoms with Gasteiger partial charge in [0.25, 0.3) is 6.01 Å². The van der Waals surface area contributed by atoms with Gasteiger partial charge in [0.15, 0.2) is 0 Å². The summed E-state index contributed by atoms with van der Waals surface area (Å²) in [5, 5.41) is 11.0. The molecule has 0 amide bonds. The lowest BCUT2D eigenvalue weighted by Crippen LogP contribution is -1.99. The normalized spacial score (nSPS) is 8.70. The van der Waals surface area contributed by atoms with E-state index in [0.717, 1.165) is 0 Å². The van der Waals surface area contributed by atoms with Crippen molar-refractivity contribution in [3.63, 3.8) is 0 Å². The van der Waals surface area contributed by atoms with Crippen molar-refractivity contribution in [1.29, 1.82) is 5.26 Å². The second-order valence-electron chi connectivity index (χ2n) is 1.67. The Hall–Kier alpha value is -1.50. The molecule has 0 aromatic carbocycles. The summed E-state index contributed by atoms with van der Waals surface area (Å²) in [5.41, 5.74) is 0. The van der Waals surface area contributed by atoms with Crippen molar-refractivity contribution in [1.82, 2.24) is 4.98 Å². The molecule has 1 rings (SSSR count). The lowest BCUT2D eigenvalue weighted by atomic mass is 10.5. The van der Waals surface area contributed by atoms with Crippen LogP contribution in [0.3, 0.4) is 0 Å². The van der Waals surface area contributed by atoms with Crippen LogP contribution < -0.4 is 5.32 Å². The quantitative estimate of drug-likeness (QED) is 0.631. The maximum absolute atomic E-state index is 8.15. The zero-order valence-corrected chi connectivity index (χ0v) is 5.37. The Balaban J connectivity index is 2.23. The number of anilines is 1. The zero-order chi connectivity index (χ0) is 7.23. The molecule has 4 nitrogen and oxygen atoms in total. The van der Waals surface area contributed by atoms with Crippen LogP contribution in [0.4, 0.5) is 6.01 Å². The first-order chi connectivity index (χ1) is 4.93. The Bertz CT molecular complexity index is 211. The minimum Gasteiger partial charge on any atom is -0.432 e. The molecule has 0 radical (unpaired) electrons. The molecule has 4 heteroatoms. The highest BCUT2D eigenvalue weighted by atomic mass is 16.4. The van der Waals surface area contributed by atoms with Crippen molar-refractivity contribution >= 4 is 6.01 Å². The molecular weight excluding hydrogens is 130 g/mol. The number of nitrogens with zero attached hydrogens (tertiary/aromatic N) is 2. The summed E-state index contributed by atoms with van der Waals surface area (Å²) in [6.45, 7) is 0.580. The van der Waals surface area contributed by atoms with E-state index in [1.807, 2.05) is 6.07 Å². The summed E-state index contributed by atoms with van der Waals surface area (Å²) in [4.78, 5) is 3.80. The first-order valence-corrected chi connectivity index (χ1v) is 2.94. The fourth-order valence-electron chi connectivity index (χ4n) is 0.536. The monoisotopic (exact) mass is 137 g/mol. The molecule has 10 heavy (non-hydrogen) atoms. The summed E-state index contributed by atoms with van der Waals surface area (Å²) in [6.07, 6.45) is 3.49. The van der Waals surface area contributed by atoms with Gasteiger partial charge in [-0.2, -0.15) is 5.26 Å². The largest absolute Gasteiger partial charge is 0.432 e. The van der Waals surface area contributed by atoms with Crippen LogP contribution in [-0.4, -0.2) is 11.5 Å². The summed E-state index contributed by atoms with van der Waals surface area (Å²) in [5.74, 6) is 0. The third-order valence-electron chi connectivity index (χ3n) is 0.945. The average Bonchev–Trinajstić information content (AvgIpc) is 2.41. The van der Waals surface area contributed by atoms with Gasteiger partial charge in [-0.25, -0.2) is 4.98 Å². The Kier molecular flexibility index (Phi) is 2.32. The summed E-state index contributed by atoms with van der Waals surface area (Å²) < 4.78 is 4.85. The molecule has 0 spiro atoms. The molecule has 0 saturated carbocycles. The molecule has 1 heterocycles. The summed E-state index contributed by atoms with van der Waals surface area (Å²) >= 11 is 0. The van der Waals surface area contributed by atoms with Crippen LogP contribution in [-0.2, 0) is 0 Å². The molecule has 1 aromatic heterocycles. The number of oxazole rings is 1. The second-order valence-corrected chi connectivity index (χ2v) is 1.67. The van der Waals surface area contributed by atoms with E-state index in [9.17, 15) is 0 Å². The lowest BCUT2D eigenvalue weighted by molar-refractivity contribution is 0.571. The highest BCUT2D eigenvalue weighted by Gasteiger charge is 1.91. The van der Waals surface area contributed by atoms with Gasteiger partial charge < -0.3 is 9.73 Å². The van der Waals surface area contributed by atoms with Crippen LogP contribution in [0.15, 0.2) is 16.9 Å². The Morgan fingerprint density at radius 1 is 1.80 bits per heavy atom. The van der Waals surface area contributed by atoms with Gasteiger partial charge in [-0.05, 0) is 0 Å². The van der Waals surface area contributed by atoms with Crippen LogP contribution in [0.1, 0.15) is 6.42 Å². The molecule has 1 N–H and O–H groups in total. The molecule has 0 atom stereocenters. The number of nitrogens with one attached hydrogen (secondary N) is 1. The lowest BCUT2D eigenvalue weighted by Gasteiger charge is -1.93. The summed E-state index contributed by atoms with van der Waals surface area (Å²) in [7, 11) is 0. The SMILES string of the molecule is N#CCCNc1ncco1. The zero-order valence-electron chi connectivity index (χ0n) is 5.37. The van der Waals surface area contributed by atoms with Crippen molar-refractivity contribution in [2.45, 2.75) is 6.42 Å². The van der Waals surface area contributed by atoms with E-state index >= 15 is 0 Å². The molecule has 0 aliphatic carbocycles. The topological polar surface area (TPSA) is 61.9 Å². The van der Waals surface area contributed by atoms with Gasteiger partial charge in [-0.15, -0.1) is 0 Å². The van der Waals surface area contributed by atoms with Gasteiger partial charge >= 0.3 is 0 Å². The van der Waals surface area contributed by atoms with Gasteiger partial charge in [-0.1, -0.05) is 0 Å². The number of aromatic nitrogens is 1. The van der Waals surface area contributed by atoms with Crippen molar-refractivity contribution in [2.24, 2.45) is 0 Å². The first-order valence-electron chi connectivity index (χ1n) is 2.94. The Morgan fingerprint density at radius 3 is 3.30 bits per heavy atom. The van der Waals surface area contributed by atoms with E-state index in [2.05, 4.69) is 10.3 Å². The van der Waals surface area contributed by atoms with Gasteiger partial charge in [0, 0.05) is 6.54 Å². The number of rotatable bonds is 3. The van der Waals surface area contributed by atoms with Gasteiger partial charge in [0.05, 0.1) is 18.7 Å². The van der Waals surface area contributed by atoms with Gasteiger partial charge in [0.2, 0.25) is 0 Å². The molecule has 0 aliphatic rings. The molecule has 0 saturated heterocycles. The molecule has 52 valence electrons. The highest BCUT2D eigenvalue weighted by Crippen LogP contribution is 1.99. The highest BCUT2D eigenvalue weighted by molar-refractivity contribution is 5.17. The van der Waals surface area contributed by atoms with E-state index in [1.165, 1.54) is 6.26 Å². The predicted molar refractivity (Wildman–Crippen MR) is 35.2 cm³/mol. The van der Waals surface area contributed by atoms with E-state index in [4.69, 9.17) is 9.68 Å². The van der Waals surface area contributed by atoms with Gasteiger partial charge in [-0.3, -0.25) is 0 Å². The molecule has 0 bridgehead atoms.